The molecule has 0 aromatic carbocycles. The highest BCUT2D eigenvalue weighted by molar-refractivity contribution is 7.23. The number of thiazole rings is 1. The van der Waals surface area contributed by atoms with Gasteiger partial charge in [0.15, 0.2) is 0 Å². The van der Waals surface area contributed by atoms with E-state index in [2.05, 4.69) is 17.2 Å². The highest BCUT2D eigenvalue weighted by Crippen LogP contribution is 2.33. The second kappa shape index (κ2) is 9.20. The Morgan fingerprint density at radius 1 is 1.48 bits per heavy atom. The van der Waals surface area contributed by atoms with Gasteiger partial charge in [-0.05, 0) is 19.1 Å². The van der Waals surface area contributed by atoms with Crippen LogP contribution in [0, 0.1) is 0 Å². The van der Waals surface area contributed by atoms with Crippen LogP contribution in [-0.4, -0.2) is 41.5 Å². The van der Waals surface area contributed by atoms with Crippen molar-refractivity contribution < 1.29 is 4.79 Å². The normalized spacial score (nSPS) is 17.3. The number of carbonyl (C=O) groups is 1. The SMILES string of the molecule is CC1CNCCN1C(=O)Cc1csc(-c2ccc(Cl)s2)n1.Cl.Cl. The molecule has 0 aliphatic carbocycles. The van der Waals surface area contributed by atoms with E-state index in [4.69, 9.17) is 11.6 Å². The molecule has 1 aliphatic heterocycles. The van der Waals surface area contributed by atoms with Crippen LogP contribution in [0.4, 0.5) is 0 Å². The highest BCUT2D eigenvalue weighted by Gasteiger charge is 2.23. The molecule has 2 aromatic rings. The number of hydrogen-bond acceptors (Lipinski definition) is 5. The number of amides is 1. The van der Waals surface area contributed by atoms with Crippen molar-refractivity contribution in [3.63, 3.8) is 0 Å². The van der Waals surface area contributed by atoms with Crippen molar-refractivity contribution in [2.45, 2.75) is 19.4 Å². The van der Waals surface area contributed by atoms with Gasteiger partial charge in [-0.1, -0.05) is 11.6 Å². The summed E-state index contributed by atoms with van der Waals surface area (Å²) in [7, 11) is 0. The molecule has 0 bridgehead atoms. The Balaban J connectivity index is 0.00000132. The molecule has 1 atom stereocenters. The summed E-state index contributed by atoms with van der Waals surface area (Å²) in [4.78, 5) is 19.9. The van der Waals surface area contributed by atoms with Crippen LogP contribution in [0.1, 0.15) is 12.6 Å². The maximum absolute atomic E-state index is 12.4. The van der Waals surface area contributed by atoms with Crippen LogP contribution in [-0.2, 0) is 11.2 Å². The summed E-state index contributed by atoms with van der Waals surface area (Å²) in [5, 5.41) is 6.19. The first-order valence-electron chi connectivity index (χ1n) is 6.84. The first kappa shape index (κ1) is 20.7. The van der Waals surface area contributed by atoms with E-state index in [0.717, 1.165) is 39.5 Å². The lowest BCUT2D eigenvalue weighted by molar-refractivity contribution is -0.133. The van der Waals surface area contributed by atoms with Crippen LogP contribution in [0.15, 0.2) is 17.5 Å². The van der Waals surface area contributed by atoms with Gasteiger partial charge >= 0.3 is 0 Å². The van der Waals surface area contributed by atoms with Gasteiger partial charge in [0, 0.05) is 31.1 Å². The lowest BCUT2D eigenvalue weighted by atomic mass is 10.2. The van der Waals surface area contributed by atoms with Crippen molar-refractivity contribution in [3.8, 4) is 9.88 Å². The van der Waals surface area contributed by atoms with Gasteiger partial charge in [0.25, 0.3) is 0 Å². The molecule has 23 heavy (non-hydrogen) atoms. The van der Waals surface area contributed by atoms with Crippen LogP contribution < -0.4 is 5.32 Å². The molecular formula is C14H18Cl3N3OS2. The molecule has 128 valence electrons. The minimum atomic E-state index is 0. The summed E-state index contributed by atoms with van der Waals surface area (Å²) in [6.07, 6.45) is 0.375. The molecule has 1 N–H and O–H groups in total. The topological polar surface area (TPSA) is 45.2 Å². The molecule has 1 amide bonds. The van der Waals surface area contributed by atoms with Crippen LogP contribution in [0.25, 0.3) is 9.88 Å². The monoisotopic (exact) mass is 413 g/mol. The molecule has 0 spiro atoms. The third kappa shape index (κ3) is 5.05. The zero-order valence-corrected chi connectivity index (χ0v) is 16.5. The summed E-state index contributed by atoms with van der Waals surface area (Å²) in [5.41, 5.74) is 0.843. The zero-order chi connectivity index (χ0) is 14.8. The van der Waals surface area contributed by atoms with Crippen molar-refractivity contribution in [1.29, 1.82) is 0 Å². The molecule has 1 unspecified atom stereocenters. The van der Waals surface area contributed by atoms with Crippen LogP contribution in [0.2, 0.25) is 4.34 Å². The number of hydrogen-bond donors (Lipinski definition) is 1. The fraction of sp³-hybridized carbons (Fsp3) is 0.429. The van der Waals surface area contributed by atoms with Gasteiger partial charge < -0.3 is 10.2 Å². The van der Waals surface area contributed by atoms with Crippen molar-refractivity contribution in [2.75, 3.05) is 19.6 Å². The Kier molecular flexibility index (Phi) is 8.27. The van der Waals surface area contributed by atoms with E-state index >= 15 is 0 Å². The van der Waals surface area contributed by atoms with Gasteiger partial charge in [0.1, 0.15) is 5.01 Å². The fourth-order valence-corrected chi connectivity index (χ4v) is 4.33. The smallest absolute Gasteiger partial charge is 0.228 e. The third-order valence-electron chi connectivity index (χ3n) is 3.49. The molecule has 9 heteroatoms. The van der Waals surface area contributed by atoms with Gasteiger partial charge in [-0.2, -0.15) is 0 Å². The average Bonchev–Trinajstić information content (AvgIpc) is 3.08. The largest absolute Gasteiger partial charge is 0.337 e. The molecule has 0 saturated carbocycles. The molecule has 0 radical (unpaired) electrons. The lowest BCUT2D eigenvalue weighted by Gasteiger charge is -2.33. The van der Waals surface area contributed by atoms with Crippen molar-refractivity contribution >= 4 is 65.0 Å². The summed E-state index contributed by atoms with van der Waals surface area (Å²) >= 11 is 9.02. The van der Waals surface area contributed by atoms with E-state index < -0.39 is 0 Å². The minimum Gasteiger partial charge on any atom is -0.337 e. The number of thiophene rings is 1. The van der Waals surface area contributed by atoms with Gasteiger partial charge in [0.05, 0.1) is 21.3 Å². The molecule has 3 rings (SSSR count). The Hall–Kier alpha value is -0.370. The van der Waals surface area contributed by atoms with E-state index in [9.17, 15) is 4.79 Å². The molecule has 3 heterocycles. The predicted molar refractivity (Wildman–Crippen MR) is 103 cm³/mol. The Morgan fingerprint density at radius 2 is 2.26 bits per heavy atom. The van der Waals surface area contributed by atoms with Crippen LogP contribution in [0.3, 0.4) is 0 Å². The first-order chi connectivity index (χ1) is 10.1. The maximum atomic E-state index is 12.4. The Morgan fingerprint density at radius 3 is 2.91 bits per heavy atom. The molecular weight excluding hydrogens is 397 g/mol. The van der Waals surface area contributed by atoms with Gasteiger partial charge in [-0.25, -0.2) is 4.98 Å². The summed E-state index contributed by atoms with van der Waals surface area (Å²) in [6.45, 7) is 4.58. The van der Waals surface area contributed by atoms with Crippen molar-refractivity contribution in [3.05, 3.63) is 27.5 Å². The van der Waals surface area contributed by atoms with E-state index in [0.29, 0.717) is 6.42 Å². The summed E-state index contributed by atoms with van der Waals surface area (Å²) in [6, 6.07) is 4.09. The average molecular weight is 415 g/mol. The number of aromatic nitrogens is 1. The summed E-state index contributed by atoms with van der Waals surface area (Å²) < 4.78 is 0.757. The second-order valence-electron chi connectivity index (χ2n) is 5.06. The van der Waals surface area contributed by atoms with E-state index in [-0.39, 0.29) is 36.8 Å². The standard InChI is InChI=1S/C14H16ClN3OS2.2ClH/c1-9-7-16-4-5-18(9)13(19)6-10-8-20-14(17-10)11-2-3-12(15)21-11;;/h2-3,8-9,16H,4-7H2,1H3;2*1H. The van der Waals surface area contributed by atoms with Crippen LogP contribution >= 0.6 is 59.1 Å². The van der Waals surface area contributed by atoms with Crippen LogP contribution in [0.5, 0.6) is 0 Å². The van der Waals surface area contributed by atoms with Gasteiger partial charge in [-0.3, -0.25) is 4.79 Å². The number of carbonyl (C=O) groups excluding carboxylic acids is 1. The Bertz CT molecular complexity index is 647. The minimum absolute atomic E-state index is 0. The highest BCUT2D eigenvalue weighted by atomic mass is 35.5. The zero-order valence-electron chi connectivity index (χ0n) is 12.5. The van der Waals surface area contributed by atoms with E-state index in [1.165, 1.54) is 11.3 Å². The number of nitrogens with zero attached hydrogens (tertiary/aromatic N) is 2. The number of halogens is 3. The van der Waals surface area contributed by atoms with Crippen molar-refractivity contribution in [2.24, 2.45) is 0 Å². The third-order valence-corrected chi connectivity index (χ3v) is 5.78. The van der Waals surface area contributed by atoms with Gasteiger partial charge in [-0.15, -0.1) is 47.5 Å². The molecule has 1 saturated heterocycles. The predicted octanol–water partition coefficient (Wildman–Crippen LogP) is 3.73. The Labute approximate surface area is 161 Å². The van der Waals surface area contributed by atoms with E-state index in [1.54, 1.807) is 11.3 Å². The lowest BCUT2D eigenvalue weighted by Crippen LogP contribution is -2.52. The first-order valence-corrected chi connectivity index (χ1v) is 8.91. The molecule has 4 nitrogen and oxygen atoms in total. The second-order valence-corrected chi connectivity index (χ2v) is 7.64. The quantitative estimate of drug-likeness (QED) is 0.832. The molecule has 1 aliphatic rings. The van der Waals surface area contributed by atoms with Crippen molar-refractivity contribution in [1.82, 2.24) is 15.2 Å². The maximum Gasteiger partial charge on any atom is 0.228 e. The summed E-state index contributed by atoms with van der Waals surface area (Å²) in [5.74, 6) is 0.157. The van der Waals surface area contributed by atoms with Gasteiger partial charge in [0.2, 0.25) is 5.91 Å². The molecule has 1 fully saturated rings. The number of nitrogens with one attached hydrogen (secondary N) is 1. The number of piperazine rings is 1. The fourth-order valence-electron chi connectivity index (χ4n) is 2.40. The number of rotatable bonds is 3. The molecule has 2 aromatic heterocycles. The van der Waals surface area contributed by atoms with E-state index in [1.807, 2.05) is 22.4 Å².